The third-order valence-electron chi connectivity index (χ3n) is 4.45. The lowest BCUT2D eigenvalue weighted by molar-refractivity contribution is -0.150. The summed E-state index contributed by atoms with van der Waals surface area (Å²) in [5.41, 5.74) is 0. The van der Waals surface area contributed by atoms with Gasteiger partial charge in [0.2, 0.25) is 5.91 Å². The van der Waals surface area contributed by atoms with E-state index in [1.165, 1.54) is 25.7 Å². The van der Waals surface area contributed by atoms with Crippen molar-refractivity contribution in [2.24, 2.45) is 17.8 Å². The predicted octanol–water partition coefficient (Wildman–Crippen LogP) is 2.30. The number of hydrogen-bond donors (Lipinski definition) is 1. The van der Waals surface area contributed by atoms with Crippen molar-refractivity contribution in [2.75, 3.05) is 13.6 Å². The molecule has 0 spiro atoms. The lowest BCUT2D eigenvalue weighted by Gasteiger charge is -2.30. The van der Waals surface area contributed by atoms with Crippen molar-refractivity contribution in [3.05, 3.63) is 12.2 Å². The summed E-state index contributed by atoms with van der Waals surface area (Å²) in [6, 6.07) is 0. The Hall–Kier alpha value is -1.32. The Kier molecular flexibility index (Phi) is 4.61. The fraction of sp³-hybridized carbons (Fsp3) is 0.733. The van der Waals surface area contributed by atoms with Gasteiger partial charge in [0.25, 0.3) is 0 Å². The number of aliphatic carboxylic acids is 1. The van der Waals surface area contributed by atoms with Crippen LogP contribution in [0.1, 0.15) is 38.5 Å². The van der Waals surface area contributed by atoms with Crippen molar-refractivity contribution >= 4 is 11.9 Å². The normalized spacial score (nSPS) is 27.4. The van der Waals surface area contributed by atoms with Crippen molar-refractivity contribution in [3.8, 4) is 0 Å². The fourth-order valence-corrected chi connectivity index (χ4v) is 3.31. The van der Waals surface area contributed by atoms with Crippen LogP contribution in [-0.4, -0.2) is 35.5 Å². The SMILES string of the molecule is CN(CC1CCCC1)C(=O)[C@@H]1CC=CC[C@@H]1C(=O)O. The molecule has 0 saturated heterocycles. The van der Waals surface area contributed by atoms with E-state index in [4.69, 9.17) is 0 Å². The average Bonchev–Trinajstić information content (AvgIpc) is 2.90. The van der Waals surface area contributed by atoms with Crippen LogP contribution < -0.4 is 0 Å². The summed E-state index contributed by atoms with van der Waals surface area (Å²) < 4.78 is 0. The number of carboxylic acid groups (broad SMARTS) is 1. The van der Waals surface area contributed by atoms with Gasteiger partial charge in [-0.25, -0.2) is 0 Å². The molecule has 0 aliphatic heterocycles. The van der Waals surface area contributed by atoms with Gasteiger partial charge < -0.3 is 10.0 Å². The quantitative estimate of drug-likeness (QED) is 0.793. The van der Waals surface area contributed by atoms with Crippen LogP contribution in [-0.2, 0) is 9.59 Å². The number of nitrogens with zero attached hydrogens (tertiary/aromatic N) is 1. The van der Waals surface area contributed by atoms with Gasteiger partial charge >= 0.3 is 5.97 Å². The second-order valence-electron chi connectivity index (χ2n) is 5.86. The smallest absolute Gasteiger partial charge is 0.307 e. The highest BCUT2D eigenvalue weighted by atomic mass is 16.4. The van der Waals surface area contributed by atoms with Gasteiger partial charge in [0.1, 0.15) is 0 Å². The van der Waals surface area contributed by atoms with E-state index in [2.05, 4.69) is 0 Å². The summed E-state index contributed by atoms with van der Waals surface area (Å²) in [7, 11) is 1.82. The molecule has 0 unspecified atom stereocenters. The largest absolute Gasteiger partial charge is 0.481 e. The Labute approximate surface area is 114 Å². The molecule has 4 heteroatoms. The van der Waals surface area contributed by atoms with Crippen molar-refractivity contribution in [1.29, 1.82) is 0 Å². The van der Waals surface area contributed by atoms with Gasteiger partial charge in [-0.2, -0.15) is 0 Å². The Morgan fingerprint density at radius 2 is 1.74 bits per heavy atom. The van der Waals surface area contributed by atoms with Gasteiger partial charge in [-0.3, -0.25) is 9.59 Å². The number of carboxylic acids is 1. The number of rotatable bonds is 4. The summed E-state index contributed by atoms with van der Waals surface area (Å²) in [6.45, 7) is 0.783. The molecule has 2 atom stereocenters. The second-order valence-corrected chi connectivity index (χ2v) is 5.86. The first-order valence-electron chi connectivity index (χ1n) is 7.22. The minimum atomic E-state index is -0.850. The lowest BCUT2D eigenvalue weighted by atomic mass is 9.82. The van der Waals surface area contributed by atoms with Crippen LogP contribution in [0.25, 0.3) is 0 Å². The van der Waals surface area contributed by atoms with Crippen LogP contribution in [0.2, 0.25) is 0 Å². The molecule has 0 aromatic rings. The van der Waals surface area contributed by atoms with E-state index in [1.807, 2.05) is 19.2 Å². The minimum absolute atomic E-state index is 0.00338. The minimum Gasteiger partial charge on any atom is -0.481 e. The van der Waals surface area contributed by atoms with E-state index < -0.39 is 11.9 Å². The van der Waals surface area contributed by atoms with Gasteiger partial charge in [0, 0.05) is 13.6 Å². The van der Waals surface area contributed by atoms with Crippen molar-refractivity contribution < 1.29 is 14.7 Å². The molecule has 0 aromatic carbocycles. The third-order valence-corrected chi connectivity index (χ3v) is 4.45. The summed E-state index contributed by atoms with van der Waals surface area (Å²) in [5, 5.41) is 9.22. The Bertz CT molecular complexity index is 372. The Balaban J connectivity index is 1.96. The zero-order valence-electron chi connectivity index (χ0n) is 11.5. The average molecular weight is 265 g/mol. The van der Waals surface area contributed by atoms with E-state index >= 15 is 0 Å². The molecule has 2 aliphatic rings. The lowest BCUT2D eigenvalue weighted by Crippen LogP contribution is -2.41. The monoisotopic (exact) mass is 265 g/mol. The molecule has 2 aliphatic carbocycles. The topological polar surface area (TPSA) is 57.6 Å². The molecule has 0 heterocycles. The van der Waals surface area contributed by atoms with Gasteiger partial charge in [-0.05, 0) is 31.6 Å². The summed E-state index contributed by atoms with van der Waals surface area (Å²) >= 11 is 0. The molecule has 0 aromatic heterocycles. The molecule has 106 valence electrons. The number of carbonyl (C=O) groups is 2. The van der Waals surface area contributed by atoms with Gasteiger partial charge in [0.05, 0.1) is 11.8 Å². The Morgan fingerprint density at radius 1 is 1.16 bits per heavy atom. The third kappa shape index (κ3) is 3.37. The highest BCUT2D eigenvalue weighted by Crippen LogP contribution is 2.29. The predicted molar refractivity (Wildman–Crippen MR) is 72.6 cm³/mol. The maximum atomic E-state index is 12.4. The molecule has 1 N–H and O–H groups in total. The highest BCUT2D eigenvalue weighted by Gasteiger charge is 2.35. The van der Waals surface area contributed by atoms with E-state index in [0.717, 1.165) is 6.54 Å². The highest BCUT2D eigenvalue weighted by molar-refractivity contribution is 5.85. The van der Waals surface area contributed by atoms with Gasteiger partial charge in [-0.1, -0.05) is 25.0 Å². The van der Waals surface area contributed by atoms with E-state index in [9.17, 15) is 14.7 Å². The first-order valence-corrected chi connectivity index (χ1v) is 7.22. The van der Waals surface area contributed by atoms with Crippen molar-refractivity contribution in [3.63, 3.8) is 0 Å². The number of amides is 1. The number of allylic oxidation sites excluding steroid dienone is 2. The summed E-state index contributed by atoms with van der Waals surface area (Å²) in [4.78, 5) is 25.4. The standard InChI is InChI=1S/C15H23NO3/c1-16(10-11-6-2-3-7-11)14(17)12-8-4-5-9-13(12)15(18)19/h4-5,11-13H,2-3,6-10H2,1H3,(H,18,19)/t12-,13+/m1/s1. The van der Waals surface area contributed by atoms with Crippen LogP contribution in [0.4, 0.5) is 0 Å². The fourth-order valence-electron chi connectivity index (χ4n) is 3.31. The zero-order chi connectivity index (χ0) is 13.8. The van der Waals surface area contributed by atoms with Gasteiger partial charge in [-0.15, -0.1) is 0 Å². The van der Waals surface area contributed by atoms with Crippen LogP contribution in [0.5, 0.6) is 0 Å². The Morgan fingerprint density at radius 3 is 2.32 bits per heavy atom. The van der Waals surface area contributed by atoms with E-state index in [0.29, 0.717) is 18.8 Å². The maximum absolute atomic E-state index is 12.4. The van der Waals surface area contributed by atoms with E-state index in [1.54, 1.807) is 4.90 Å². The summed E-state index contributed by atoms with van der Waals surface area (Å²) in [6.07, 6.45) is 9.76. The van der Waals surface area contributed by atoms with Crippen molar-refractivity contribution in [2.45, 2.75) is 38.5 Å². The molecule has 1 saturated carbocycles. The number of hydrogen-bond acceptors (Lipinski definition) is 2. The first-order chi connectivity index (χ1) is 9.09. The van der Waals surface area contributed by atoms with Crippen molar-refractivity contribution in [1.82, 2.24) is 4.90 Å². The first kappa shape index (κ1) is 14.1. The van der Waals surface area contributed by atoms with Gasteiger partial charge in [0.15, 0.2) is 0 Å². The maximum Gasteiger partial charge on any atom is 0.307 e. The van der Waals surface area contributed by atoms with Crippen LogP contribution in [0, 0.1) is 17.8 Å². The molecule has 0 radical (unpaired) electrons. The molecular formula is C15H23NO3. The summed E-state index contributed by atoms with van der Waals surface area (Å²) in [5.74, 6) is -1.17. The van der Waals surface area contributed by atoms with Crippen LogP contribution >= 0.6 is 0 Å². The van der Waals surface area contributed by atoms with Crippen LogP contribution in [0.3, 0.4) is 0 Å². The zero-order valence-corrected chi connectivity index (χ0v) is 11.5. The number of carbonyl (C=O) groups excluding carboxylic acids is 1. The molecular weight excluding hydrogens is 242 g/mol. The van der Waals surface area contributed by atoms with Crippen LogP contribution in [0.15, 0.2) is 12.2 Å². The molecule has 1 fully saturated rings. The molecule has 0 bridgehead atoms. The molecule has 1 amide bonds. The van der Waals surface area contributed by atoms with E-state index in [-0.39, 0.29) is 11.8 Å². The molecule has 2 rings (SSSR count). The molecule has 4 nitrogen and oxygen atoms in total. The molecule has 19 heavy (non-hydrogen) atoms. The second kappa shape index (κ2) is 6.22.